The van der Waals surface area contributed by atoms with Crippen molar-refractivity contribution in [2.75, 3.05) is 46.4 Å². The molecule has 1 aromatic heterocycles. The first-order chi connectivity index (χ1) is 19.1. The van der Waals surface area contributed by atoms with E-state index in [1.165, 1.54) is 7.11 Å². The van der Waals surface area contributed by atoms with Gasteiger partial charge in [0.25, 0.3) is 5.91 Å². The molecule has 1 aliphatic rings. The molecule has 214 valence electrons. The molecule has 1 aliphatic heterocycles. The molecular formula is C30H38N4O6. The summed E-state index contributed by atoms with van der Waals surface area (Å²) < 4.78 is 16.0. The number of para-hydroxylation sites is 1. The molecule has 2 heterocycles. The summed E-state index contributed by atoms with van der Waals surface area (Å²) >= 11 is 0. The van der Waals surface area contributed by atoms with Crippen LogP contribution in [0.3, 0.4) is 0 Å². The number of aromatic nitrogens is 1. The molecule has 0 aliphatic carbocycles. The molecule has 10 nitrogen and oxygen atoms in total. The number of piperazine rings is 1. The predicted molar refractivity (Wildman–Crippen MR) is 151 cm³/mol. The number of hydrogen-bond donors (Lipinski definition) is 2. The zero-order chi connectivity index (χ0) is 28.7. The Morgan fingerprint density at radius 1 is 1.00 bits per heavy atom. The van der Waals surface area contributed by atoms with E-state index in [9.17, 15) is 14.4 Å². The minimum atomic E-state index is -0.867. The van der Waals surface area contributed by atoms with E-state index in [1.807, 2.05) is 59.5 Å². The van der Waals surface area contributed by atoms with Crippen molar-refractivity contribution in [3.05, 3.63) is 65.9 Å². The van der Waals surface area contributed by atoms with Crippen molar-refractivity contribution in [3.8, 4) is 5.75 Å². The third-order valence-electron chi connectivity index (χ3n) is 6.64. The Labute approximate surface area is 234 Å². The number of carbonyl (C=O) groups excluding carboxylic acids is 3. The van der Waals surface area contributed by atoms with E-state index < -0.39 is 23.7 Å². The number of H-pyrrole nitrogens is 1. The van der Waals surface area contributed by atoms with Crippen molar-refractivity contribution in [2.24, 2.45) is 0 Å². The fourth-order valence-corrected chi connectivity index (χ4v) is 4.57. The standard InChI is InChI=1S/C30H38N4O6/c1-30(2,3)40-29(37)32-26(28(36)38-4)19-21-9-11-23(12-10-21)39-18-17-33-13-15-34(16-14-33)27(35)25-20-22-7-5-6-8-24(22)31-25/h5-12,20,26,31H,13-19H2,1-4H3,(H,32,37)/t26-/m1/s1. The number of carbonyl (C=O) groups is 3. The van der Waals surface area contributed by atoms with Gasteiger partial charge in [-0.05, 0) is 50.6 Å². The van der Waals surface area contributed by atoms with Crippen LogP contribution in [0.15, 0.2) is 54.6 Å². The molecule has 2 N–H and O–H groups in total. The maximum Gasteiger partial charge on any atom is 0.408 e. The fourth-order valence-electron chi connectivity index (χ4n) is 4.57. The molecule has 0 unspecified atom stereocenters. The van der Waals surface area contributed by atoms with Gasteiger partial charge >= 0.3 is 12.1 Å². The summed E-state index contributed by atoms with van der Waals surface area (Å²) in [5.74, 6) is 0.198. The molecule has 0 bridgehead atoms. The van der Waals surface area contributed by atoms with Gasteiger partial charge in [0.05, 0.1) is 7.11 Å². The van der Waals surface area contributed by atoms with Gasteiger partial charge < -0.3 is 29.4 Å². The summed E-state index contributed by atoms with van der Waals surface area (Å²) in [5.41, 5.74) is 1.76. The second-order valence-electron chi connectivity index (χ2n) is 10.8. The van der Waals surface area contributed by atoms with Gasteiger partial charge in [-0.2, -0.15) is 0 Å². The van der Waals surface area contributed by atoms with Crippen molar-refractivity contribution in [1.82, 2.24) is 20.1 Å². The summed E-state index contributed by atoms with van der Waals surface area (Å²) in [5, 5.41) is 3.62. The zero-order valence-electron chi connectivity index (χ0n) is 23.6. The van der Waals surface area contributed by atoms with Gasteiger partial charge in [-0.3, -0.25) is 9.69 Å². The third-order valence-corrected chi connectivity index (χ3v) is 6.64. The van der Waals surface area contributed by atoms with Gasteiger partial charge in [0.2, 0.25) is 0 Å². The van der Waals surface area contributed by atoms with Crippen LogP contribution in [0.5, 0.6) is 5.75 Å². The highest BCUT2D eigenvalue weighted by Crippen LogP contribution is 2.18. The van der Waals surface area contributed by atoms with E-state index in [2.05, 4.69) is 15.2 Å². The minimum absolute atomic E-state index is 0.0305. The van der Waals surface area contributed by atoms with Crippen LogP contribution in [-0.4, -0.2) is 90.8 Å². The summed E-state index contributed by atoms with van der Waals surface area (Å²) in [6, 6.07) is 16.3. The van der Waals surface area contributed by atoms with Crippen molar-refractivity contribution < 1.29 is 28.6 Å². The molecule has 1 fully saturated rings. The first-order valence-corrected chi connectivity index (χ1v) is 13.5. The fraction of sp³-hybridized carbons (Fsp3) is 0.433. The molecule has 2 amide bonds. The zero-order valence-corrected chi connectivity index (χ0v) is 23.6. The number of methoxy groups -OCH3 is 1. The highest BCUT2D eigenvalue weighted by Gasteiger charge is 2.26. The largest absolute Gasteiger partial charge is 0.492 e. The summed E-state index contributed by atoms with van der Waals surface area (Å²) in [6.07, 6.45) is -0.417. The lowest BCUT2D eigenvalue weighted by molar-refractivity contribution is -0.143. The summed E-state index contributed by atoms with van der Waals surface area (Å²) in [6.45, 7) is 9.44. The van der Waals surface area contributed by atoms with Crippen LogP contribution in [0.4, 0.5) is 4.79 Å². The molecule has 0 spiro atoms. The van der Waals surface area contributed by atoms with Crippen LogP contribution in [0.2, 0.25) is 0 Å². The van der Waals surface area contributed by atoms with Crippen LogP contribution in [0.25, 0.3) is 10.9 Å². The van der Waals surface area contributed by atoms with Crippen molar-refractivity contribution in [1.29, 1.82) is 0 Å². The van der Waals surface area contributed by atoms with E-state index in [-0.39, 0.29) is 12.3 Å². The average molecular weight is 551 g/mol. The number of benzene rings is 2. The lowest BCUT2D eigenvalue weighted by Crippen LogP contribution is -2.49. The first-order valence-electron chi connectivity index (χ1n) is 13.5. The van der Waals surface area contributed by atoms with Gasteiger partial charge in [-0.15, -0.1) is 0 Å². The molecule has 10 heteroatoms. The van der Waals surface area contributed by atoms with E-state index >= 15 is 0 Å². The van der Waals surface area contributed by atoms with Crippen molar-refractivity contribution in [2.45, 2.75) is 38.8 Å². The molecule has 1 atom stereocenters. The number of hydrogen-bond acceptors (Lipinski definition) is 7. The number of aromatic amines is 1. The average Bonchev–Trinajstić information content (AvgIpc) is 3.36. The highest BCUT2D eigenvalue weighted by molar-refractivity contribution is 5.98. The Morgan fingerprint density at radius 2 is 1.70 bits per heavy atom. The number of rotatable bonds is 9. The van der Waals surface area contributed by atoms with E-state index in [1.54, 1.807) is 20.8 Å². The smallest absolute Gasteiger partial charge is 0.408 e. The lowest BCUT2D eigenvalue weighted by Gasteiger charge is -2.34. The van der Waals surface area contributed by atoms with Gasteiger partial charge in [0.15, 0.2) is 0 Å². The highest BCUT2D eigenvalue weighted by atomic mass is 16.6. The summed E-state index contributed by atoms with van der Waals surface area (Å²) in [4.78, 5) is 44.7. The van der Waals surface area contributed by atoms with Crippen LogP contribution < -0.4 is 10.1 Å². The van der Waals surface area contributed by atoms with E-state index in [0.29, 0.717) is 31.1 Å². The minimum Gasteiger partial charge on any atom is -0.492 e. The number of alkyl carbamates (subject to hydrolysis) is 1. The molecule has 3 aromatic rings. The molecule has 0 saturated carbocycles. The maximum absolute atomic E-state index is 12.9. The van der Waals surface area contributed by atoms with E-state index in [0.717, 1.165) is 36.1 Å². The molecule has 0 radical (unpaired) electrons. The van der Waals surface area contributed by atoms with Crippen LogP contribution >= 0.6 is 0 Å². The molecule has 1 saturated heterocycles. The Kier molecular flexibility index (Phi) is 9.31. The monoisotopic (exact) mass is 550 g/mol. The Bertz CT molecular complexity index is 1270. The van der Waals surface area contributed by atoms with Crippen molar-refractivity contribution >= 4 is 28.9 Å². The molecule has 4 rings (SSSR count). The quantitative estimate of drug-likeness (QED) is 0.391. The van der Waals surface area contributed by atoms with Crippen LogP contribution in [0.1, 0.15) is 36.8 Å². The second kappa shape index (κ2) is 12.9. The second-order valence-corrected chi connectivity index (χ2v) is 10.8. The third kappa shape index (κ3) is 7.98. The Balaban J connectivity index is 1.20. The topological polar surface area (TPSA) is 113 Å². The SMILES string of the molecule is COC(=O)[C@@H](Cc1ccc(OCCN2CCN(C(=O)c3cc4ccccc4[nH]3)CC2)cc1)NC(=O)OC(C)(C)C. The molecule has 40 heavy (non-hydrogen) atoms. The van der Waals surface area contributed by atoms with Crippen molar-refractivity contribution in [3.63, 3.8) is 0 Å². The maximum atomic E-state index is 12.9. The van der Waals surface area contributed by atoms with Crippen LogP contribution in [0, 0.1) is 0 Å². The molecule has 2 aromatic carbocycles. The number of fused-ring (bicyclic) bond motifs is 1. The lowest BCUT2D eigenvalue weighted by atomic mass is 10.1. The van der Waals surface area contributed by atoms with E-state index in [4.69, 9.17) is 14.2 Å². The first kappa shape index (κ1) is 28.9. The number of nitrogens with one attached hydrogen (secondary N) is 2. The normalized spacial score (nSPS) is 14.9. The predicted octanol–water partition coefficient (Wildman–Crippen LogP) is 3.61. The number of esters is 1. The Hall–Kier alpha value is -4.05. The van der Waals surface area contributed by atoms with Crippen LogP contribution in [-0.2, 0) is 20.7 Å². The molecular weight excluding hydrogens is 512 g/mol. The number of nitrogens with zero attached hydrogens (tertiary/aromatic N) is 2. The number of amides is 2. The van der Waals surface area contributed by atoms with Gasteiger partial charge in [-0.1, -0.05) is 30.3 Å². The summed E-state index contributed by atoms with van der Waals surface area (Å²) in [7, 11) is 1.28. The van der Waals surface area contributed by atoms with Gasteiger partial charge in [0.1, 0.15) is 29.7 Å². The number of ether oxygens (including phenoxy) is 3. The Morgan fingerprint density at radius 3 is 2.35 bits per heavy atom. The van der Waals surface area contributed by atoms with Gasteiger partial charge in [-0.25, -0.2) is 9.59 Å². The van der Waals surface area contributed by atoms with Gasteiger partial charge in [0, 0.05) is 50.0 Å².